The van der Waals surface area contributed by atoms with E-state index in [4.69, 9.17) is 10.5 Å². The SMILES string of the molecule is COc1ccc(C2(C(N)=O)CC(C)(C)CCC2C(C)C)cc1O. The minimum absolute atomic E-state index is 0.0377. The fourth-order valence-corrected chi connectivity index (χ4v) is 4.37. The Labute approximate surface area is 139 Å². The van der Waals surface area contributed by atoms with E-state index in [2.05, 4.69) is 27.7 Å². The molecule has 0 aromatic heterocycles. The Morgan fingerprint density at radius 3 is 2.52 bits per heavy atom. The van der Waals surface area contributed by atoms with Gasteiger partial charge in [0.05, 0.1) is 12.5 Å². The maximum Gasteiger partial charge on any atom is 0.228 e. The largest absolute Gasteiger partial charge is 0.504 e. The molecule has 3 N–H and O–H groups in total. The molecule has 1 aromatic rings. The molecule has 0 saturated heterocycles. The first kappa shape index (κ1) is 17.6. The maximum atomic E-state index is 12.7. The molecular weight excluding hydrogens is 290 g/mol. The van der Waals surface area contributed by atoms with Crippen LogP contribution in [0.5, 0.6) is 11.5 Å². The number of phenols is 1. The first-order valence-electron chi connectivity index (χ1n) is 8.31. The number of phenolic OH excluding ortho intramolecular Hbond substituents is 1. The zero-order valence-corrected chi connectivity index (χ0v) is 14.8. The number of rotatable bonds is 4. The van der Waals surface area contributed by atoms with E-state index in [1.54, 1.807) is 12.1 Å². The maximum absolute atomic E-state index is 12.7. The highest BCUT2D eigenvalue weighted by atomic mass is 16.5. The van der Waals surface area contributed by atoms with Crippen LogP contribution < -0.4 is 10.5 Å². The Hall–Kier alpha value is -1.71. The topological polar surface area (TPSA) is 72.5 Å². The summed E-state index contributed by atoms with van der Waals surface area (Å²) >= 11 is 0. The number of methoxy groups -OCH3 is 1. The lowest BCUT2D eigenvalue weighted by atomic mass is 9.53. The van der Waals surface area contributed by atoms with E-state index in [-0.39, 0.29) is 23.0 Å². The molecule has 2 atom stereocenters. The van der Waals surface area contributed by atoms with Crippen LogP contribution in [0.15, 0.2) is 18.2 Å². The zero-order valence-electron chi connectivity index (χ0n) is 14.8. The van der Waals surface area contributed by atoms with Gasteiger partial charge in [-0.15, -0.1) is 0 Å². The number of ether oxygens (including phenoxy) is 1. The molecule has 0 heterocycles. The summed E-state index contributed by atoms with van der Waals surface area (Å²) in [7, 11) is 1.51. The number of carbonyl (C=O) groups excluding carboxylic acids is 1. The standard InChI is InChI=1S/C19H29NO3/c1-12(2)14-8-9-18(3,4)11-19(14,17(20)22)13-6-7-16(23-5)15(21)10-13/h6-7,10,12,14,21H,8-9,11H2,1-5H3,(H2,20,22). The van der Waals surface area contributed by atoms with Gasteiger partial charge in [-0.3, -0.25) is 4.79 Å². The van der Waals surface area contributed by atoms with Crippen LogP contribution in [0.3, 0.4) is 0 Å². The molecule has 1 fully saturated rings. The molecule has 0 aliphatic heterocycles. The lowest BCUT2D eigenvalue weighted by molar-refractivity contribution is -0.130. The quantitative estimate of drug-likeness (QED) is 0.890. The van der Waals surface area contributed by atoms with Crippen molar-refractivity contribution in [1.82, 2.24) is 0 Å². The van der Waals surface area contributed by atoms with Gasteiger partial charge in [-0.05, 0) is 54.2 Å². The second-order valence-corrected chi connectivity index (χ2v) is 7.95. The van der Waals surface area contributed by atoms with E-state index in [9.17, 15) is 9.90 Å². The van der Waals surface area contributed by atoms with Crippen molar-refractivity contribution in [3.63, 3.8) is 0 Å². The highest BCUT2D eigenvalue weighted by Gasteiger charge is 2.52. The van der Waals surface area contributed by atoms with Crippen LogP contribution in [0.1, 0.15) is 52.5 Å². The third-order valence-electron chi connectivity index (χ3n) is 5.46. The predicted octanol–water partition coefficient (Wildman–Crippen LogP) is 3.61. The Bertz CT molecular complexity index is 594. The summed E-state index contributed by atoms with van der Waals surface area (Å²) in [6, 6.07) is 5.24. The van der Waals surface area contributed by atoms with Gasteiger partial charge in [-0.25, -0.2) is 0 Å². The van der Waals surface area contributed by atoms with Crippen LogP contribution in [-0.2, 0) is 10.2 Å². The molecule has 0 radical (unpaired) electrons. The van der Waals surface area contributed by atoms with Crippen LogP contribution >= 0.6 is 0 Å². The number of aromatic hydroxyl groups is 1. The number of nitrogens with two attached hydrogens (primary N) is 1. The van der Waals surface area contributed by atoms with Gasteiger partial charge < -0.3 is 15.6 Å². The highest BCUT2D eigenvalue weighted by Crippen LogP contribution is 2.54. The first-order valence-corrected chi connectivity index (χ1v) is 8.31. The number of primary amides is 1. The minimum atomic E-state index is -0.750. The van der Waals surface area contributed by atoms with Crippen LogP contribution in [-0.4, -0.2) is 18.1 Å². The van der Waals surface area contributed by atoms with E-state index < -0.39 is 5.41 Å². The number of benzene rings is 1. The minimum Gasteiger partial charge on any atom is -0.504 e. The fraction of sp³-hybridized carbons (Fsp3) is 0.632. The molecule has 2 rings (SSSR count). The normalized spacial score (nSPS) is 27.0. The van der Waals surface area contributed by atoms with E-state index in [1.807, 2.05) is 6.07 Å². The third kappa shape index (κ3) is 3.04. The summed E-state index contributed by atoms with van der Waals surface area (Å²) in [4.78, 5) is 12.7. The molecule has 1 amide bonds. The summed E-state index contributed by atoms with van der Waals surface area (Å²) in [6.45, 7) is 8.66. The molecule has 1 saturated carbocycles. The Balaban J connectivity index is 2.63. The molecule has 1 aromatic carbocycles. The van der Waals surface area contributed by atoms with Gasteiger partial charge in [-0.1, -0.05) is 33.8 Å². The number of carbonyl (C=O) groups is 1. The van der Waals surface area contributed by atoms with Gasteiger partial charge >= 0.3 is 0 Å². The molecule has 128 valence electrons. The van der Waals surface area contributed by atoms with E-state index in [1.165, 1.54) is 7.11 Å². The molecule has 0 bridgehead atoms. The van der Waals surface area contributed by atoms with Crippen molar-refractivity contribution in [2.45, 2.75) is 52.4 Å². The van der Waals surface area contributed by atoms with Crippen molar-refractivity contribution in [2.75, 3.05) is 7.11 Å². The van der Waals surface area contributed by atoms with Gasteiger partial charge in [0.15, 0.2) is 11.5 Å². The summed E-state index contributed by atoms with van der Waals surface area (Å²) in [5, 5.41) is 10.2. The summed E-state index contributed by atoms with van der Waals surface area (Å²) in [6.07, 6.45) is 2.73. The van der Waals surface area contributed by atoms with Gasteiger partial charge in [0, 0.05) is 0 Å². The molecule has 2 unspecified atom stereocenters. The van der Waals surface area contributed by atoms with Crippen LogP contribution in [0, 0.1) is 17.3 Å². The Morgan fingerprint density at radius 1 is 1.39 bits per heavy atom. The summed E-state index contributed by atoms with van der Waals surface area (Å²) in [5.74, 6) is 0.665. The van der Waals surface area contributed by atoms with Crippen molar-refractivity contribution in [3.8, 4) is 11.5 Å². The predicted molar refractivity (Wildman–Crippen MR) is 91.5 cm³/mol. The average Bonchev–Trinajstić information content (AvgIpc) is 2.45. The van der Waals surface area contributed by atoms with Gasteiger partial charge in [0.2, 0.25) is 5.91 Å². The molecule has 1 aliphatic carbocycles. The van der Waals surface area contributed by atoms with E-state index in [0.29, 0.717) is 18.1 Å². The lowest BCUT2D eigenvalue weighted by Gasteiger charge is -2.50. The second kappa shape index (κ2) is 6.06. The van der Waals surface area contributed by atoms with Crippen LogP contribution in [0.2, 0.25) is 0 Å². The van der Waals surface area contributed by atoms with E-state index >= 15 is 0 Å². The fourth-order valence-electron chi connectivity index (χ4n) is 4.37. The summed E-state index contributed by atoms with van der Waals surface area (Å²) < 4.78 is 5.13. The van der Waals surface area contributed by atoms with Gasteiger partial charge in [0.25, 0.3) is 0 Å². The van der Waals surface area contributed by atoms with Crippen molar-refractivity contribution >= 4 is 5.91 Å². The molecule has 4 nitrogen and oxygen atoms in total. The number of amides is 1. The molecule has 4 heteroatoms. The van der Waals surface area contributed by atoms with Crippen molar-refractivity contribution in [1.29, 1.82) is 0 Å². The average molecular weight is 319 g/mol. The van der Waals surface area contributed by atoms with Gasteiger partial charge in [0.1, 0.15) is 0 Å². The summed E-state index contributed by atoms with van der Waals surface area (Å²) in [5.41, 5.74) is 6.04. The molecule has 1 aliphatic rings. The van der Waals surface area contributed by atoms with Gasteiger partial charge in [-0.2, -0.15) is 0 Å². The smallest absolute Gasteiger partial charge is 0.228 e. The van der Waals surface area contributed by atoms with Crippen molar-refractivity contribution < 1.29 is 14.6 Å². The monoisotopic (exact) mass is 319 g/mol. The Morgan fingerprint density at radius 2 is 2.04 bits per heavy atom. The first-order chi connectivity index (χ1) is 10.6. The lowest BCUT2D eigenvalue weighted by Crippen LogP contribution is -2.54. The highest BCUT2D eigenvalue weighted by molar-refractivity contribution is 5.87. The van der Waals surface area contributed by atoms with Crippen molar-refractivity contribution in [2.24, 2.45) is 23.0 Å². The number of hydrogen-bond acceptors (Lipinski definition) is 3. The third-order valence-corrected chi connectivity index (χ3v) is 5.46. The van der Waals surface area contributed by atoms with E-state index in [0.717, 1.165) is 18.4 Å². The van der Waals surface area contributed by atoms with Crippen molar-refractivity contribution in [3.05, 3.63) is 23.8 Å². The molecular formula is C19H29NO3. The number of hydrogen-bond donors (Lipinski definition) is 2. The van der Waals surface area contributed by atoms with Crippen LogP contribution in [0.25, 0.3) is 0 Å². The van der Waals surface area contributed by atoms with Crippen LogP contribution in [0.4, 0.5) is 0 Å². The Kier molecular flexibility index (Phi) is 4.65. The molecule has 23 heavy (non-hydrogen) atoms. The molecule has 0 spiro atoms. The zero-order chi connectivity index (χ0) is 17.4. The second-order valence-electron chi connectivity index (χ2n) is 7.95.